The maximum atomic E-state index is 11.4. The molecule has 0 atom stereocenters. The van der Waals surface area contributed by atoms with E-state index in [4.69, 9.17) is 11.6 Å². The zero-order valence-corrected chi connectivity index (χ0v) is 11.5. The lowest BCUT2D eigenvalue weighted by Crippen LogP contribution is -2.31. The van der Waals surface area contributed by atoms with E-state index < -0.39 is 5.97 Å². The minimum atomic E-state index is -0.455. The zero-order chi connectivity index (χ0) is 13.4. The Morgan fingerprint density at radius 3 is 2.89 bits per heavy atom. The molecule has 0 radical (unpaired) electrons. The van der Waals surface area contributed by atoms with Crippen molar-refractivity contribution in [2.45, 2.75) is 5.75 Å². The molecule has 0 fully saturated rings. The van der Waals surface area contributed by atoms with E-state index in [1.54, 1.807) is 6.07 Å². The molecule has 4 nitrogen and oxygen atoms in total. The molecule has 0 unspecified atom stereocenters. The molecule has 0 bridgehead atoms. The highest BCUT2D eigenvalue weighted by Gasteiger charge is 2.05. The number of methoxy groups -OCH3 is 1. The van der Waals surface area contributed by atoms with Crippen molar-refractivity contribution in [1.29, 1.82) is 0 Å². The van der Waals surface area contributed by atoms with Crippen LogP contribution in [0.3, 0.4) is 0 Å². The van der Waals surface area contributed by atoms with E-state index in [1.165, 1.54) is 18.9 Å². The van der Waals surface area contributed by atoms with Crippen LogP contribution in [0.1, 0.15) is 5.56 Å². The Kier molecular flexibility index (Phi) is 6.60. The first-order valence-electron chi connectivity index (χ1n) is 5.27. The fourth-order valence-electron chi connectivity index (χ4n) is 1.18. The van der Waals surface area contributed by atoms with Gasteiger partial charge in [0.15, 0.2) is 0 Å². The molecule has 1 aromatic rings. The van der Waals surface area contributed by atoms with Gasteiger partial charge in [-0.15, -0.1) is 11.8 Å². The maximum Gasteiger partial charge on any atom is 0.325 e. The Balaban J connectivity index is 2.21. The molecule has 0 saturated carbocycles. The molecular formula is C12H14ClNO3S. The zero-order valence-electron chi connectivity index (χ0n) is 9.94. The van der Waals surface area contributed by atoms with Crippen LogP contribution in [0.15, 0.2) is 24.3 Å². The van der Waals surface area contributed by atoms with Crippen LogP contribution in [0.5, 0.6) is 0 Å². The fraction of sp³-hybridized carbons (Fsp3) is 0.333. The Bertz CT molecular complexity index is 426. The molecule has 0 spiro atoms. The number of carbonyl (C=O) groups excluding carboxylic acids is 2. The van der Waals surface area contributed by atoms with Crippen LogP contribution in [0, 0.1) is 0 Å². The third kappa shape index (κ3) is 5.93. The fourth-order valence-corrected chi connectivity index (χ4v) is 2.20. The summed E-state index contributed by atoms with van der Waals surface area (Å²) in [5, 5.41) is 3.15. The first-order valence-corrected chi connectivity index (χ1v) is 6.81. The van der Waals surface area contributed by atoms with E-state index in [0.717, 1.165) is 5.56 Å². The molecule has 18 heavy (non-hydrogen) atoms. The molecule has 0 aliphatic rings. The number of hydrogen-bond donors (Lipinski definition) is 1. The molecule has 6 heteroatoms. The van der Waals surface area contributed by atoms with Crippen molar-refractivity contribution in [3.8, 4) is 0 Å². The van der Waals surface area contributed by atoms with E-state index in [9.17, 15) is 9.59 Å². The van der Waals surface area contributed by atoms with Gasteiger partial charge in [0.05, 0.1) is 12.9 Å². The number of rotatable bonds is 6. The Morgan fingerprint density at radius 2 is 2.22 bits per heavy atom. The molecule has 0 aliphatic carbocycles. The van der Waals surface area contributed by atoms with Gasteiger partial charge in [0, 0.05) is 10.8 Å². The van der Waals surface area contributed by atoms with Crippen molar-refractivity contribution in [3.05, 3.63) is 34.9 Å². The van der Waals surface area contributed by atoms with Gasteiger partial charge in [-0.2, -0.15) is 0 Å². The second-order valence-electron chi connectivity index (χ2n) is 3.48. The summed E-state index contributed by atoms with van der Waals surface area (Å²) in [6, 6.07) is 7.49. The highest BCUT2D eigenvalue weighted by molar-refractivity contribution is 7.99. The number of thioether (sulfide) groups is 1. The number of esters is 1. The highest BCUT2D eigenvalue weighted by Crippen LogP contribution is 2.16. The number of nitrogens with one attached hydrogen (secondary N) is 1. The van der Waals surface area contributed by atoms with Gasteiger partial charge in [0.2, 0.25) is 5.91 Å². The monoisotopic (exact) mass is 287 g/mol. The smallest absolute Gasteiger partial charge is 0.325 e. The van der Waals surface area contributed by atoms with Crippen LogP contribution in [0.2, 0.25) is 5.02 Å². The lowest BCUT2D eigenvalue weighted by atomic mass is 10.2. The third-order valence-corrected chi connectivity index (χ3v) is 3.29. The number of halogens is 1. The topological polar surface area (TPSA) is 55.4 Å². The summed E-state index contributed by atoms with van der Waals surface area (Å²) in [4.78, 5) is 22.1. The van der Waals surface area contributed by atoms with Gasteiger partial charge in [-0.3, -0.25) is 9.59 Å². The van der Waals surface area contributed by atoms with E-state index >= 15 is 0 Å². The van der Waals surface area contributed by atoms with Crippen LogP contribution in [0.4, 0.5) is 0 Å². The molecule has 0 saturated heterocycles. The van der Waals surface area contributed by atoms with Crippen molar-refractivity contribution in [3.63, 3.8) is 0 Å². The van der Waals surface area contributed by atoms with E-state index in [0.29, 0.717) is 16.5 Å². The van der Waals surface area contributed by atoms with Gasteiger partial charge >= 0.3 is 5.97 Å². The van der Waals surface area contributed by atoms with Crippen LogP contribution in [-0.2, 0) is 20.1 Å². The second kappa shape index (κ2) is 8.00. The molecule has 0 aliphatic heterocycles. The predicted molar refractivity (Wildman–Crippen MR) is 72.6 cm³/mol. The van der Waals surface area contributed by atoms with Crippen molar-refractivity contribution in [2.24, 2.45) is 0 Å². The minimum absolute atomic E-state index is 0.0902. The molecule has 0 aromatic heterocycles. The first-order chi connectivity index (χ1) is 8.61. The molecule has 1 aromatic carbocycles. The van der Waals surface area contributed by atoms with Crippen LogP contribution >= 0.6 is 23.4 Å². The molecule has 1 amide bonds. The van der Waals surface area contributed by atoms with Gasteiger partial charge < -0.3 is 10.1 Å². The van der Waals surface area contributed by atoms with Crippen LogP contribution in [0.25, 0.3) is 0 Å². The molecule has 1 rings (SSSR count). The Labute approximate surface area is 115 Å². The largest absolute Gasteiger partial charge is 0.468 e. The molecular weight excluding hydrogens is 274 g/mol. The highest BCUT2D eigenvalue weighted by atomic mass is 35.5. The van der Waals surface area contributed by atoms with E-state index in [2.05, 4.69) is 10.1 Å². The maximum absolute atomic E-state index is 11.4. The van der Waals surface area contributed by atoms with Gasteiger partial charge in [-0.1, -0.05) is 23.7 Å². The minimum Gasteiger partial charge on any atom is -0.468 e. The average molecular weight is 288 g/mol. The Hall–Kier alpha value is -1.20. The number of ether oxygens (including phenoxy) is 1. The summed E-state index contributed by atoms with van der Waals surface area (Å²) in [7, 11) is 1.28. The number of carbonyl (C=O) groups is 2. The standard InChI is InChI=1S/C12H14ClNO3S/c1-17-12(16)6-14-11(15)8-18-7-9-3-2-4-10(13)5-9/h2-5H,6-8H2,1H3,(H,14,15). The van der Waals surface area contributed by atoms with E-state index in [1.807, 2.05) is 18.2 Å². The summed E-state index contributed by atoms with van der Waals surface area (Å²) in [5.41, 5.74) is 1.06. The first kappa shape index (κ1) is 14.9. The Morgan fingerprint density at radius 1 is 1.44 bits per heavy atom. The number of hydrogen-bond acceptors (Lipinski definition) is 4. The van der Waals surface area contributed by atoms with Gasteiger partial charge in [-0.05, 0) is 17.7 Å². The quantitative estimate of drug-likeness (QED) is 0.812. The van der Waals surface area contributed by atoms with E-state index in [-0.39, 0.29) is 12.5 Å². The average Bonchev–Trinajstić information content (AvgIpc) is 2.36. The van der Waals surface area contributed by atoms with Crippen molar-refractivity contribution >= 4 is 35.2 Å². The molecule has 98 valence electrons. The summed E-state index contributed by atoms with van der Waals surface area (Å²) < 4.78 is 4.41. The number of amides is 1. The number of benzene rings is 1. The normalized spacial score (nSPS) is 9.89. The third-order valence-electron chi connectivity index (χ3n) is 2.05. The predicted octanol–water partition coefficient (Wildman–Crippen LogP) is 1.86. The lowest BCUT2D eigenvalue weighted by molar-refractivity contribution is -0.140. The van der Waals surface area contributed by atoms with Gasteiger partial charge in [0.1, 0.15) is 6.54 Å². The van der Waals surface area contributed by atoms with Crippen LogP contribution < -0.4 is 5.32 Å². The summed E-state index contributed by atoms with van der Waals surface area (Å²) in [6.45, 7) is -0.0902. The van der Waals surface area contributed by atoms with Crippen molar-refractivity contribution in [2.75, 3.05) is 19.4 Å². The SMILES string of the molecule is COC(=O)CNC(=O)CSCc1cccc(Cl)c1. The second-order valence-corrected chi connectivity index (χ2v) is 4.90. The molecule has 0 heterocycles. The van der Waals surface area contributed by atoms with Gasteiger partial charge in [-0.25, -0.2) is 0 Å². The van der Waals surface area contributed by atoms with Crippen molar-refractivity contribution < 1.29 is 14.3 Å². The lowest BCUT2D eigenvalue weighted by Gasteiger charge is -2.04. The van der Waals surface area contributed by atoms with Gasteiger partial charge in [0.25, 0.3) is 0 Å². The van der Waals surface area contributed by atoms with Crippen LogP contribution in [-0.4, -0.2) is 31.3 Å². The molecule has 1 N–H and O–H groups in total. The summed E-state index contributed by atoms with van der Waals surface area (Å²) >= 11 is 7.31. The van der Waals surface area contributed by atoms with Crippen molar-refractivity contribution in [1.82, 2.24) is 5.32 Å². The summed E-state index contributed by atoms with van der Waals surface area (Å²) in [5.74, 6) is 0.353. The summed E-state index contributed by atoms with van der Waals surface area (Å²) in [6.07, 6.45) is 0.